The summed E-state index contributed by atoms with van der Waals surface area (Å²) in [6.45, 7) is 3.92. The van der Waals surface area contributed by atoms with Crippen LogP contribution in [0.4, 0.5) is 0 Å². The van der Waals surface area contributed by atoms with Gasteiger partial charge in [-0.25, -0.2) is 0 Å². The second-order valence-corrected chi connectivity index (χ2v) is 6.29. The summed E-state index contributed by atoms with van der Waals surface area (Å²) < 4.78 is 2.00. The third-order valence-electron chi connectivity index (χ3n) is 3.67. The van der Waals surface area contributed by atoms with E-state index in [0.717, 1.165) is 22.6 Å². The fourth-order valence-corrected chi connectivity index (χ4v) is 3.23. The average molecular weight is 338 g/mol. The van der Waals surface area contributed by atoms with E-state index in [1.165, 1.54) is 11.8 Å². The summed E-state index contributed by atoms with van der Waals surface area (Å²) in [5, 5.41) is 9.37. The van der Waals surface area contributed by atoms with Crippen LogP contribution in [-0.2, 0) is 4.79 Å². The van der Waals surface area contributed by atoms with Gasteiger partial charge in [0.05, 0.1) is 11.4 Å². The molecule has 3 aromatic rings. The number of carbonyl (C=O) groups excluding carboxylic acids is 1. The SMILES string of the molecule is CCC(=O)CSc1nnc(-c2cccnc2)n1-c1ccccc1C. The summed E-state index contributed by atoms with van der Waals surface area (Å²) in [5.74, 6) is 1.32. The van der Waals surface area contributed by atoms with E-state index in [9.17, 15) is 4.79 Å². The molecule has 2 aromatic heterocycles. The number of para-hydroxylation sites is 1. The number of rotatable bonds is 6. The standard InChI is InChI=1S/C18H18N4OS/c1-3-15(23)12-24-18-21-20-17(14-8-6-10-19-11-14)22(18)16-9-5-4-7-13(16)2/h4-11H,3,12H2,1-2H3. The number of hydrogen-bond acceptors (Lipinski definition) is 5. The van der Waals surface area contributed by atoms with E-state index in [2.05, 4.69) is 15.2 Å². The number of Topliss-reactive ketones (excluding diaryl/α,β-unsaturated/α-hetero) is 1. The second-order valence-electron chi connectivity index (χ2n) is 5.35. The molecule has 122 valence electrons. The summed E-state index contributed by atoms with van der Waals surface area (Å²) in [7, 11) is 0. The Labute approximate surface area is 145 Å². The van der Waals surface area contributed by atoms with Crippen LogP contribution in [0, 0.1) is 6.92 Å². The van der Waals surface area contributed by atoms with Crippen LogP contribution in [0.25, 0.3) is 17.1 Å². The molecule has 0 radical (unpaired) electrons. The van der Waals surface area contributed by atoms with Gasteiger partial charge in [-0.15, -0.1) is 10.2 Å². The van der Waals surface area contributed by atoms with Crippen LogP contribution in [0.1, 0.15) is 18.9 Å². The molecule has 3 rings (SSSR count). The van der Waals surface area contributed by atoms with E-state index in [0.29, 0.717) is 17.3 Å². The maximum atomic E-state index is 11.7. The Morgan fingerprint density at radius 1 is 1.17 bits per heavy atom. The number of ketones is 1. The van der Waals surface area contributed by atoms with Crippen LogP contribution in [0.2, 0.25) is 0 Å². The number of benzene rings is 1. The maximum absolute atomic E-state index is 11.7. The van der Waals surface area contributed by atoms with Gasteiger partial charge in [0, 0.05) is 24.4 Å². The van der Waals surface area contributed by atoms with Crippen molar-refractivity contribution < 1.29 is 4.79 Å². The topological polar surface area (TPSA) is 60.7 Å². The van der Waals surface area contributed by atoms with Crippen LogP contribution in [0.15, 0.2) is 53.9 Å². The number of hydrogen-bond donors (Lipinski definition) is 0. The minimum absolute atomic E-state index is 0.197. The molecule has 5 nitrogen and oxygen atoms in total. The van der Waals surface area contributed by atoms with E-state index in [1.807, 2.05) is 54.8 Å². The normalized spacial score (nSPS) is 10.8. The van der Waals surface area contributed by atoms with Gasteiger partial charge in [0.2, 0.25) is 0 Å². The summed E-state index contributed by atoms with van der Waals surface area (Å²) in [5.41, 5.74) is 3.01. The van der Waals surface area contributed by atoms with Crippen molar-refractivity contribution in [3.8, 4) is 17.1 Å². The molecule has 0 N–H and O–H groups in total. The largest absolute Gasteiger partial charge is 0.299 e. The predicted molar refractivity (Wildman–Crippen MR) is 95.3 cm³/mol. The van der Waals surface area contributed by atoms with Gasteiger partial charge in [0.25, 0.3) is 0 Å². The first-order valence-corrected chi connectivity index (χ1v) is 8.75. The molecule has 1 aromatic carbocycles. The van der Waals surface area contributed by atoms with Gasteiger partial charge in [-0.1, -0.05) is 36.9 Å². The highest BCUT2D eigenvalue weighted by atomic mass is 32.2. The van der Waals surface area contributed by atoms with E-state index in [1.54, 1.807) is 12.4 Å². The van der Waals surface area contributed by atoms with Crippen molar-refractivity contribution in [1.29, 1.82) is 0 Å². The van der Waals surface area contributed by atoms with E-state index in [-0.39, 0.29) is 5.78 Å². The fraction of sp³-hybridized carbons (Fsp3) is 0.222. The highest BCUT2D eigenvalue weighted by Crippen LogP contribution is 2.29. The highest BCUT2D eigenvalue weighted by molar-refractivity contribution is 7.99. The van der Waals surface area contributed by atoms with E-state index in [4.69, 9.17) is 0 Å². The molecule has 6 heteroatoms. The number of aromatic nitrogens is 4. The molecule has 0 atom stereocenters. The number of aryl methyl sites for hydroxylation is 1. The molecule has 0 aliphatic heterocycles. The molecule has 0 amide bonds. The Kier molecular flexibility index (Phi) is 5.05. The molecule has 0 unspecified atom stereocenters. The number of nitrogens with zero attached hydrogens (tertiary/aromatic N) is 4. The lowest BCUT2D eigenvalue weighted by Crippen LogP contribution is -2.04. The van der Waals surface area contributed by atoms with Crippen LogP contribution in [0.5, 0.6) is 0 Å². The van der Waals surface area contributed by atoms with Gasteiger partial charge in [-0.2, -0.15) is 0 Å². The monoisotopic (exact) mass is 338 g/mol. The van der Waals surface area contributed by atoms with Crippen molar-refractivity contribution in [2.75, 3.05) is 5.75 Å². The van der Waals surface area contributed by atoms with Gasteiger partial charge >= 0.3 is 0 Å². The van der Waals surface area contributed by atoms with E-state index >= 15 is 0 Å². The Morgan fingerprint density at radius 3 is 2.71 bits per heavy atom. The molecule has 0 saturated carbocycles. The third-order valence-corrected chi connectivity index (χ3v) is 4.65. The molecule has 0 fully saturated rings. The van der Waals surface area contributed by atoms with Gasteiger partial charge in [0.15, 0.2) is 11.0 Å². The molecule has 24 heavy (non-hydrogen) atoms. The minimum Gasteiger partial charge on any atom is -0.299 e. The van der Waals surface area contributed by atoms with Crippen molar-refractivity contribution in [3.05, 3.63) is 54.4 Å². The first kappa shape index (κ1) is 16.4. The average Bonchev–Trinajstić information content (AvgIpc) is 3.04. The maximum Gasteiger partial charge on any atom is 0.196 e. The quantitative estimate of drug-likeness (QED) is 0.641. The van der Waals surface area contributed by atoms with Crippen molar-refractivity contribution in [2.24, 2.45) is 0 Å². The van der Waals surface area contributed by atoms with Crippen molar-refractivity contribution in [3.63, 3.8) is 0 Å². The lowest BCUT2D eigenvalue weighted by atomic mass is 10.2. The Balaban J connectivity index is 2.09. The molecular weight excluding hydrogens is 320 g/mol. The highest BCUT2D eigenvalue weighted by Gasteiger charge is 2.18. The van der Waals surface area contributed by atoms with E-state index < -0.39 is 0 Å². The van der Waals surface area contributed by atoms with Gasteiger partial charge in [-0.3, -0.25) is 14.3 Å². The first-order valence-electron chi connectivity index (χ1n) is 7.77. The smallest absolute Gasteiger partial charge is 0.196 e. The predicted octanol–water partition coefficient (Wildman–Crippen LogP) is 3.71. The Hall–Kier alpha value is -2.47. The number of carbonyl (C=O) groups is 1. The molecule has 2 heterocycles. The van der Waals surface area contributed by atoms with Crippen LogP contribution < -0.4 is 0 Å². The molecule has 0 spiro atoms. The fourth-order valence-electron chi connectivity index (χ4n) is 2.32. The van der Waals surface area contributed by atoms with Crippen LogP contribution >= 0.6 is 11.8 Å². The number of pyridine rings is 1. The molecule has 0 aliphatic carbocycles. The van der Waals surface area contributed by atoms with Crippen LogP contribution in [0.3, 0.4) is 0 Å². The van der Waals surface area contributed by atoms with Crippen molar-refractivity contribution in [2.45, 2.75) is 25.4 Å². The zero-order valence-electron chi connectivity index (χ0n) is 13.6. The molecular formula is C18H18N4OS. The lowest BCUT2D eigenvalue weighted by Gasteiger charge is -2.12. The van der Waals surface area contributed by atoms with Crippen molar-refractivity contribution >= 4 is 17.5 Å². The second kappa shape index (κ2) is 7.40. The van der Waals surface area contributed by atoms with Gasteiger partial charge in [0.1, 0.15) is 5.78 Å². The number of thioether (sulfide) groups is 1. The zero-order valence-corrected chi connectivity index (χ0v) is 14.5. The summed E-state index contributed by atoms with van der Waals surface area (Å²) in [6, 6.07) is 11.9. The summed E-state index contributed by atoms with van der Waals surface area (Å²) in [4.78, 5) is 15.9. The summed E-state index contributed by atoms with van der Waals surface area (Å²) >= 11 is 1.42. The molecule has 0 bridgehead atoms. The molecule has 0 aliphatic rings. The third kappa shape index (κ3) is 3.38. The molecule has 0 saturated heterocycles. The Morgan fingerprint density at radius 2 is 2.00 bits per heavy atom. The Bertz CT molecular complexity index is 845. The van der Waals surface area contributed by atoms with Crippen molar-refractivity contribution in [1.82, 2.24) is 19.7 Å². The lowest BCUT2D eigenvalue weighted by molar-refractivity contribution is -0.116. The van der Waals surface area contributed by atoms with Crippen LogP contribution in [-0.4, -0.2) is 31.3 Å². The summed E-state index contributed by atoms with van der Waals surface area (Å²) in [6.07, 6.45) is 4.03. The van der Waals surface area contributed by atoms with Gasteiger partial charge < -0.3 is 0 Å². The first-order chi connectivity index (χ1) is 11.7. The van der Waals surface area contributed by atoms with Gasteiger partial charge in [-0.05, 0) is 30.7 Å². The minimum atomic E-state index is 0.197. The zero-order chi connectivity index (χ0) is 16.9.